The molecule has 0 unspecified atom stereocenters. The zero-order valence-electron chi connectivity index (χ0n) is 47.6. The number of aromatic hydroxyl groups is 1. The van der Waals surface area contributed by atoms with Gasteiger partial charge in [-0.05, 0) is 99.3 Å². The summed E-state index contributed by atoms with van der Waals surface area (Å²) in [7, 11) is 0. The highest BCUT2D eigenvalue weighted by atomic mass is 16.3. The van der Waals surface area contributed by atoms with E-state index >= 15 is 9.59 Å². The first-order valence-electron chi connectivity index (χ1n) is 28.3. The highest BCUT2D eigenvalue weighted by Gasteiger charge is 2.50. The molecular weight excluding hydrogens is 1070 g/mol. The van der Waals surface area contributed by atoms with Gasteiger partial charge >= 0.3 is 0 Å². The number of nitrogens with one attached hydrogen (secondary N) is 6. The molecule has 0 radical (unpaired) electrons. The Morgan fingerprint density at radius 3 is 1.70 bits per heavy atom. The number of hydrogen-bond acceptors (Lipinski definition) is 13. The van der Waals surface area contributed by atoms with Crippen molar-refractivity contribution >= 4 is 71.0 Å². The van der Waals surface area contributed by atoms with E-state index in [-0.39, 0.29) is 107 Å². The highest BCUT2D eigenvalue weighted by molar-refractivity contribution is 5.99. The van der Waals surface area contributed by atoms with Crippen LogP contribution in [-0.2, 0) is 60.8 Å². The number of amides is 10. The van der Waals surface area contributed by atoms with Crippen LogP contribution in [0.4, 0.5) is 0 Å². The molecule has 3 fully saturated rings. The molecule has 0 aromatic heterocycles. The number of likely N-dealkylation sites (tertiary alicyclic amines) is 2. The van der Waals surface area contributed by atoms with Crippen molar-refractivity contribution in [3.63, 3.8) is 0 Å². The predicted octanol–water partition coefficient (Wildman–Crippen LogP) is -2.23. The van der Waals surface area contributed by atoms with Gasteiger partial charge in [-0.15, -0.1) is 0 Å². The minimum atomic E-state index is -1.49. The van der Waals surface area contributed by atoms with E-state index in [1.807, 2.05) is 13.8 Å². The Bertz CT molecular complexity index is 2670. The summed E-state index contributed by atoms with van der Waals surface area (Å²) >= 11 is 0. The van der Waals surface area contributed by atoms with E-state index in [4.69, 9.17) is 34.4 Å². The number of aliphatic imine (C=N–C) groups is 2. The first-order valence-corrected chi connectivity index (χ1v) is 28.3. The van der Waals surface area contributed by atoms with Gasteiger partial charge in [-0.25, -0.2) is 0 Å². The van der Waals surface area contributed by atoms with E-state index < -0.39 is 120 Å². The molecule has 2 aromatic rings. The van der Waals surface area contributed by atoms with E-state index in [1.54, 1.807) is 47.4 Å². The van der Waals surface area contributed by atoms with Gasteiger partial charge in [0.25, 0.3) is 0 Å². The van der Waals surface area contributed by atoms with E-state index in [1.165, 1.54) is 24.0 Å². The Hall–Kier alpha value is -8.52. The van der Waals surface area contributed by atoms with Crippen molar-refractivity contribution in [1.29, 1.82) is 0 Å². The van der Waals surface area contributed by atoms with Crippen molar-refractivity contribution in [2.24, 2.45) is 56.2 Å². The third kappa shape index (κ3) is 20.2. The number of rotatable bonds is 30. The van der Waals surface area contributed by atoms with Crippen molar-refractivity contribution in [2.45, 2.75) is 171 Å². The van der Waals surface area contributed by atoms with Gasteiger partial charge in [-0.2, -0.15) is 0 Å². The van der Waals surface area contributed by atoms with Crippen LogP contribution in [0.1, 0.15) is 115 Å². The lowest BCUT2D eigenvalue weighted by molar-refractivity contribution is -0.146. The summed E-state index contributed by atoms with van der Waals surface area (Å²) in [6.07, 6.45) is 3.64. The minimum absolute atomic E-state index is 0.00218. The predicted molar refractivity (Wildman–Crippen MR) is 307 cm³/mol. The standard InChI is InChI=1S/C56H84N16O11/c1-31(2)26-42(70-50(79)41(27-33-12-5-4-6-13-33)69-49(78)40(65-32(3)73)28-34-19-21-36(74)22-20-34)54(83)72-43-17-8-7-14-35(43)29-45(72)52(81)67-38(16-10-24-64-56(61)62)53(82)71-25-11-18-44(71)51(80)66-37(15-9-23-63-55(59)60)48(77)68-39(47(58)76)30-46(57)75/h4-6,12-13,19-22,31,35,37-45,74H,7-11,14-18,23-30H2,1-3H3,(H2,57,75)(H2,58,76)(H,65,73)(H,66,80)(H,67,81)(H,68,77)(H,69,78)(H,70,79)(H4,59,60,63)(H4,61,62,64)/t35-,37-,38-,39-,40-,41-,42-,43-,44-,45-/m0/s1. The molecule has 0 bridgehead atoms. The molecule has 0 spiro atoms. The molecule has 1 saturated carbocycles. The SMILES string of the molecule is CC(=O)N[C@@H](Cc1ccc(O)cc1)C(=O)N[C@@H](Cc1ccccc1)C(=O)N[C@@H](CC(C)C)C(=O)N1[C@H](C(=O)N[C@@H](CCCN=C(N)N)C(=O)N2CCC[C@H]2C(=O)N[C@@H](CCCN=C(N)N)C(=O)N[C@@H](CC(N)=O)C(N)=O)C[C@@H]2CCCC[C@@H]21. The van der Waals surface area contributed by atoms with E-state index in [0.717, 1.165) is 19.3 Å². The van der Waals surface area contributed by atoms with Crippen LogP contribution >= 0.6 is 0 Å². The molecule has 5 rings (SSSR count). The maximum absolute atomic E-state index is 15.4. The first kappa shape index (κ1) is 65.3. The topological polar surface area (TPSA) is 450 Å². The zero-order valence-corrected chi connectivity index (χ0v) is 47.6. The number of fused-ring (bicyclic) bond motifs is 1. The summed E-state index contributed by atoms with van der Waals surface area (Å²) < 4.78 is 0. The molecule has 83 heavy (non-hydrogen) atoms. The summed E-state index contributed by atoms with van der Waals surface area (Å²) in [5, 5.41) is 26.3. The summed E-state index contributed by atoms with van der Waals surface area (Å²) in [6.45, 7) is 5.27. The molecule has 10 atom stereocenters. The van der Waals surface area contributed by atoms with Crippen LogP contribution in [-0.4, -0.2) is 160 Å². The molecule has 1 aliphatic carbocycles. The van der Waals surface area contributed by atoms with E-state index in [9.17, 15) is 43.5 Å². The average molecular weight is 1160 g/mol. The summed E-state index contributed by atoms with van der Waals surface area (Å²) in [5.41, 5.74) is 34.2. The van der Waals surface area contributed by atoms with Crippen LogP contribution in [0.25, 0.3) is 0 Å². The first-order chi connectivity index (χ1) is 39.4. The minimum Gasteiger partial charge on any atom is -0.508 e. The van der Waals surface area contributed by atoms with Crippen molar-refractivity contribution in [2.75, 3.05) is 19.6 Å². The van der Waals surface area contributed by atoms with Crippen LogP contribution in [0.2, 0.25) is 0 Å². The van der Waals surface area contributed by atoms with Gasteiger partial charge in [0.15, 0.2) is 11.9 Å². The molecule has 2 saturated heterocycles. The molecule has 2 aliphatic heterocycles. The number of nitrogens with two attached hydrogens (primary N) is 6. The normalized spacial score (nSPS) is 19.5. The number of nitrogens with zero attached hydrogens (tertiary/aromatic N) is 4. The maximum atomic E-state index is 15.4. The number of guanidine groups is 2. The molecule has 2 heterocycles. The van der Waals surface area contributed by atoms with Gasteiger partial charge < -0.3 is 81.2 Å². The molecule has 10 amide bonds. The second kappa shape index (κ2) is 31.6. The third-order valence-corrected chi connectivity index (χ3v) is 15.0. The van der Waals surface area contributed by atoms with Crippen LogP contribution in [0.5, 0.6) is 5.75 Å². The summed E-state index contributed by atoms with van der Waals surface area (Å²) in [5.74, 6) is -7.80. The number of phenols is 1. The molecular formula is C56H84N16O11. The fourth-order valence-corrected chi connectivity index (χ4v) is 11.1. The Balaban J connectivity index is 1.42. The third-order valence-electron chi connectivity index (χ3n) is 15.0. The lowest BCUT2D eigenvalue weighted by atomic mass is 9.84. The van der Waals surface area contributed by atoms with Crippen LogP contribution in [0.3, 0.4) is 0 Å². The molecule has 19 N–H and O–H groups in total. The van der Waals surface area contributed by atoms with Gasteiger partial charge in [0.05, 0.1) is 6.42 Å². The lowest BCUT2D eigenvalue weighted by Crippen LogP contribution is -2.61. The van der Waals surface area contributed by atoms with Gasteiger partial charge in [-0.1, -0.05) is 69.2 Å². The number of hydrogen-bond donors (Lipinski definition) is 13. The summed E-state index contributed by atoms with van der Waals surface area (Å²) in [6, 6.07) is 4.84. The molecule has 3 aliphatic rings. The second-order valence-corrected chi connectivity index (χ2v) is 22.0. The molecule has 2 aromatic carbocycles. The van der Waals surface area contributed by atoms with E-state index in [2.05, 4.69) is 41.9 Å². The smallest absolute Gasteiger partial charge is 0.246 e. The van der Waals surface area contributed by atoms with E-state index in [0.29, 0.717) is 24.0 Å². The number of benzene rings is 2. The second-order valence-electron chi connectivity index (χ2n) is 22.0. The fourth-order valence-electron chi connectivity index (χ4n) is 11.1. The molecule has 454 valence electrons. The highest BCUT2D eigenvalue weighted by Crippen LogP contribution is 2.40. The Morgan fingerprint density at radius 1 is 0.590 bits per heavy atom. The number of primary amides is 2. The van der Waals surface area contributed by atoms with Crippen molar-refractivity contribution < 1.29 is 53.1 Å². The molecule has 27 nitrogen and oxygen atoms in total. The largest absolute Gasteiger partial charge is 0.508 e. The van der Waals surface area contributed by atoms with Crippen LogP contribution in [0.15, 0.2) is 64.6 Å². The average Bonchev–Trinajstić information content (AvgIpc) is 4.33. The Labute approximate surface area is 483 Å². The maximum Gasteiger partial charge on any atom is 0.246 e. The van der Waals surface area contributed by atoms with Gasteiger partial charge in [0.1, 0.15) is 54.1 Å². The van der Waals surface area contributed by atoms with Crippen molar-refractivity contribution in [1.82, 2.24) is 41.7 Å². The van der Waals surface area contributed by atoms with Gasteiger partial charge in [0, 0.05) is 45.4 Å². The molecule has 27 heteroatoms. The quantitative estimate of drug-likeness (QED) is 0.0224. The number of carbonyl (C=O) groups excluding carboxylic acids is 10. The van der Waals surface area contributed by atoms with Gasteiger partial charge in [-0.3, -0.25) is 57.9 Å². The van der Waals surface area contributed by atoms with Crippen molar-refractivity contribution in [3.05, 3.63) is 65.7 Å². The van der Waals surface area contributed by atoms with Crippen LogP contribution < -0.4 is 66.3 Å². The Morgan fingerprint density at radius 2 is 1.12 bits per heavy atom. The van der Waals surface area contributed by atoms with Crippen LogP contribution in [0, 0.1) is 11.8 Å². The number of carbonyl (C=O) groups is 10. The van der Waals surface area contributed by atoms with Crippen molar-refractivity contribution in [3.8, 4) is 5.75 Å². The fraction of sp³-hybridized carbons (Fsp3) is 0.571. The summed E-state index contributed by atoms with van der Waals surface area (Å²) in [4.78, 5) is 149. The number of phenolic OH excluding ortho intramolecular Hbond substituents is 1. The zero-order chi connectivity index (χ0) is 60.9. The lowest BCUT2D eigenvalue weighted by Gasteiger charge is -2.37. The van der Waals surface area contributed by atoms with Gasteiger partial charge in [0.2, 0.25) is 59.1 Å². The Kier molecular flexibility index (Phi) is 24.9. The monoisotopic (exact) mass is 1160 g/mol.